The highest BCUT2D eigenvalue weighted by Gasteiger charge is 2.33. The number of hydrogen-bond donors (Lipinski definition) is 0. The molecule has 2 aromatic carbocycles. The van der Waals surface area contributed by atoms with Crippen molar-refractivity contribution in [2.75, 3.05) is 55.2 Å². The molecule has 11 heteroatoms. The maximum Gasteiger partial charge on any atom is 0.338 e. The van der Waals surface area contributed by atoms with Crippen LogP contribution < -0.4 is 9.57 Å². The first-order valence-electron chi connectivity index (χ1n) is 11.2. The Morgan fingerprint density at radius 3 is 1.57 bits per heavy atom. The molecule has 0 saturated heterocycles. The van der Waals surface area contributed by atoms with Crippen molar-refractivity contribution in [3.05, 3.63) is 59.7 Å². The van der Waals surface area contributed by atoms with Crippen molar-refractivity contribution >= 4 is 19.4 Å². The zero-order valence-electron chi connectivity index (χ0n) is 21.4. The maximum atomic E-state index is 11.9. The molecule has 35 heavy (non-hydrogen) atoms. The van der Waals surface area contributed by atoms with Crippen LogP contribution in [-0.4, -0.2) is 81.1 Å². The van der Waals surface area contributed by atoms with Gasteiger partial charge in [-0.3, -0.25) is 0 Å². The molecule has 10 nitrogen and oxygen atoms in total. The lowest BCUT2D eigenvalue weighted by Gasteiger charge is -2.40. The molecule has 0 fully saturated rings. The van der Waals surface area contributed by atoms with Gasteiger partial charge in [0.1, 0.15) is 12.5 Å². The normalized spacial score (nSPS) is 11.5. The fourth-order valence-corrected chi connectivity index (χ4v) is 6.06. The van der Waals surface area contributed by atoms with Gasteiger partial charge in [0.15, 0.2) is 5.75 Å². The van der Waals surface area contributed by atoms with Gasteiger partial charge in [0.25, 0.3) is 0 Å². The summed E-state index contributed by atoms with van der Waals surface area (Å²) in [6, 6.07) is 13.4. The van der Waals surface area contributed by atoms with Crippen molar-refractivity contribution in [2.24, 2.45) is 4.91 Å². The van der Waals surface area contributed by atoms with Gasteiger partial charge in [-0.15, -0.1) is 0 Å². The van der Waals surface area contributed by atoms with E-state index >= 15 is 0 Å². The fraction of sp³-hybridized carbons (Fsp3) is 0.417. The van der Waals surface area contributed by atoms with E-state index in [0.717, 1.165) is 0 Å². The van der Waals surface area contributed by atoms with Crippen LogP contribution in [0.4, 0.5) is 0 Å². The summed E-state index contributed by atoms with van der Waals surface area (Å²) in [4.78, 5) is 34.2. The molecule has 0 aliphatic heterocycles. The number of esters is 2. The third-order valence-electron chi connectivity index (χ3n) is 4.94. The predicted octanol–water partition coefficient (Wildman–Crippen LogP) is 4.37. The lowest BCUT2D eigenvalue weighted by Crippen LogP contribution is -2.35. The number of rotatable bonds is 12. The molecule has 0 radical (unpaired) electrons. The second kappa shape index (κ2) is 13.3. The summed E-state index contributed by atoms with van der Waals surface area (Å²) in [5, 5.41) is 0. The highest BCUT2D eigenvalue weighted by molar-refractivity contribution is 7.58. The highest BCUT2D eigenvalue weighted by Crippen LogP contribution is 2.55. The molecule has 0 amide bonds. The van der Waals surface area contributed by atoms with Crippen LogP contribution in [0.25, 0.3) is 0 Å². The average molecular weight is 507 g/mol. The van der Waals surface area contributed by atoms with Crippen LogP contribution >= 0.6 is 7.51 Å². The topological polar surface area (TPSA) is 93.1 Å². The Hall–Kier alpha value is -2.91. The zero-order valence-corrected chi connectivity index (χ0v) is 22.3. The Kier molecular flexibility index (Phi) is 10.7. The first-order valence-corrected chi connectivity index (χ1v) is 12.8. The van der Waals surface area contributed by atoms with Crippen LogP contribution in [0.2, 0.25) is 0 Å². The third-order valence-corrected chi connectivity index (χ3v) is 8.42. The molecule has 0 aliphatic carbocycles. The summed E-state index contributed by atoms with van der Waals surface area (Å²) >= 11 is 0. The van der Waals surface area contributed by atoms with Crippen molar-refractivity contribution in [3.63, 3.8) is 0 Å². The Bertz CT molecular complexity index is 1010. The van der Waals surface area contributed by atoms with E-state index in [4.69, 9.17) is 19.0 Å². The number of carbonyl (C=O) groups is 2. The van der Waals surface area contributed by atoms with Gasteiger partial charge >= 0.3 is 11.9 Å². The summed E-state index contributed by atoms with van der Waals surface area (Å²) in [7, 11) is 7.11. The summed E-state index contributed by atoms with van der Waals surface area (Å²) in [6.07, 6.45) is 0. The average Bonchev–Trinajstić information content (AvgIpc) is 2.83. The second-order valence-corrected chi connectivity index (χ2v) is 11.3. The number of ether oxygens (including phenoxy) is 3. The van der Waals surface area contributed by atoms with Crippen LogP contribution in [-0.2, 0) is 9.47 Å². The van der Waals surface area contributed by atoms with Gasteiger partial charge < -0.3 is 19.0 Å². The molecular formula is C24H35N4O6P. The van der Waals surface area contributed by atoms with E-state index in [2.05, 4.69) is 4.91 Å². The second-order valence-electron chi connectivity index (χ2n) is 7.82. The molecule has 0 saturated carbocycles. The number of hydrogen-bond acceptors (Lipinski definition) is 7. The SMILES string of the molecule is CCOC(=O)c1ccc(OCN(C)P(=NOc2ccc(C(=O)OCC)cc2)(N(C)C)N(C)C)cc1. The Labute approximate surface area is 207 Å². The summed E-state index contributed by atoms with van der Waals surface area (Å²) in [5.41, 5.74) is 0.910. The molecule has 192 valence electrons. The van der Waals surface area contributed by atoms with Gasteiger partial charge in [0.2, 0.25) is 7.51 Å². The monoisotopic (exact) mass is 506 g/mol. The maximum absolute atomic E-state index is 11.9. The Balaban J connectivity index is 2.18. The van der Waals surface area contributed by atoms with Crippen LogP contribution in [0.5, 0.6) is 11.5 Å². The van der Waals surface area contributed by atoms with Gasteiger partial charge in [-0.05, 0) is 97.6 Å². The molecule has 0 unspecified atom stereocenters. The van der Waals surface area contributed by atoms with Gasteiger partial charge in [-0.25, -0.2) is 23.6 Å². The number of carbonyl (C=O) groups excluding carboxylic acids is 2. The number of benzene rings is 2. The summed E-state index contributed by atoms with van der Waals surface area (Å²) in [6.45, 7) is 4.39. The summed E-state index contributed by atoms with van der Waals surface area (Å²) < 4.78 is 22.0. The minimum Gasteiger partial charge on any atom is -0.478 e. The van der Waals surface area contributed by atoms with Crippen LogP contribution in [0, 0.1) is 0 Å². The molecule has 0 N–H and O–H groups in total. The molecule has 0 spiro atoms. The number of nitrogens with zero attached hydrogens (tertiary/aromatic N) is 4. The lowest BCUT2D eigenvalue weighted by molar-refractivity contribution is 0.0516. The molecular weight excluding hydrogens is 471 g/mol. The molecule has 0 heterocycles. The fourth-order valence-electron chi connectivity index (χ4n) is 3.29. The van der Waals surface area contributed by atoms with Gasteiger partial charge in [-0.1, -0.05) is 4.91 Å². The van der Waals surface area contributed by atoms with Crippen molar-refractivity contribution in [2.45, 2.75) is 13.8 Å². The minimum atomic E-state index is -2.50. The van der Waals surface area contributed by atoms with Crippen molar-refractivity contribution in [3.8, 4) is 11.5 Å². The third kappa shape index (κ3) is 7.29. The quantitative estimate of drug-likeness (QED) is 0.180. The van der Waals surface area contributed by atoms with E-state index in [1.807, 2.05) is 49.2 Å². The van der Waals surface area contributed by atoms with Crippen molar-refractivity contribution in [1.29, 1.82) is 0 Å². The van der Waals surface area contributed by atoms with E-state index in [1.54, 1.807) is 62.4 Å². The van der Waals surface area contributed by atoms with E-state index < -0.39 is 7.51 Å². The van der Waals surface area contributed by atoms with Crippen molar-refractivity contribution < 1.29 is 28.6 Å². The molecule has 2 rings (SSSR count). The van der Waals surface area contributed by atoms with E-state index in [9.17, 15) is 9.59 Å². The van der Waals surface area contributed by atoms with Gasteiger partial charge in [0, 0.05) is 0 Å². The Morgan fingerprint density at radius 2 is 1.17 bits per heavy atom. The molecule has 0 aliphatic rings. The van der Waals surface area contributed by atoms with E-state index in [-0.39, 0.29) is 18.7 Å². The highest BCUT2D eigenvalue weighted by atomic mass is 31.2. The Morgan fingerprint density at radius 1 is 0.743 bits per heavy atom. The van der Waals surface area contributed by atoms with E-state index in [0.29, 0.717) is 35.8 Å². The van der Waals surface area contributed by atoms with E-state index in [1.165, 1.54) is 0 Å². The largest absolute Gasteiger partial charge is 0.478 e. The van der Waals surface area contributed by atoms with Crippen molar-refractivity contribution in [1.82, 2.24) is 14.0 Å². The first-order chi connectivity index (χ1) is 16.6. The standard InChI is InChI=1S/C24H35N4O6P/c1-8-31-23(29)19-10-14-21(15-11-19)33-18-28(7)35(26(3)4,27(5)6)25-34-22-16-12-20(13-17-22)24(30)32-9-2/h10-17H,8-9,18H2,1-7H3. The smallest absolute Gasteiger partial charge is 0.338 e. The van der Waals surface area contributed by atoms with Crippen LogP contribution in [0.1, 0.15) is 34.6 Å². The first kappa shape index (κ1) is 28.3. The predicted molar refractivity (Wildman–Crippen MR) is 135 cm³/mol. The molecule has 2 aromatic rings. The lowest BCUT2D eigenvalue weighted by atomic mass is 10.2. The molecule has 0 bridgehead atoms. The van der Waals surface area contributed by atoms with Crippen LogP contribution in [0.3, 0.4) is 0 Å². The zero-order chi connectivity index (χ0) is 26.0. The molecule has 0 atom stereocenters. The summed E-state index contributed by atoms with van der Waals surface area (Å²) in [5.74, 6) is 0.352. The molecule has 0 aromatic heterocycles. The van der Waals surface area contributed by atoms with Crippen LogP contribution in [0.15, 0.2) is 53.4 Å². The van der Waals surface area contributed by atoms with Gasteiger partial charge in [0.05, 0.1) is 24.3 Å². The van der Waals surface area contributed by atoms with Gasteiger partial charge in [-0.2, -0.15) is 0 Å². The minimum absolute atomic E-state index is 0.220.